The highest BCUT2D eigenvalue weighted by Gasteiger charge is 2.12. The van der Waals surface area contributed by atoms with Crippen LogP contribution in [0.25, 0.3) is 0 Å². The molecule has 0 aliphatic carbocycles. The molecule has 0 N–H and O–H groups in total. The third-order valence-corrected chi connectivity index (χ3v) is 2.65. The highest BCUT2D eigenvalue weighted by Crippen LogP contribution is 2.15. The third kappa shape index (κ3) is 9.83. The number of hydrogen-bond donors (Lipinski definition) is 0. The fourth-order valence-corrected chi connectivity index (χ4v) is 1.73. The Morgan fingerprint density at radius 2 is 1.55 bits per heavy atom. The molecule has 7 nitrogen and oxygen atoms in total. The van der Waals surface area contributed by atoms with Gasteiger partial charge < -0.3 is 18.9 Å². The Labute approximate surface area is 132 Å². The van der Waals surface area contributed by atoms with Crippen molar-refractivity contribution < 1.29 is 18.9 Å². The first-order valence-electron chi connectivity index (χ1n) is 7.62. The molecule has 1 heterocycles. The van der Waals surface area contributed by atoms with Gasteiger partial charge >= 0.3 is 0 Å². The first kappa shape index (κ1) is 19.0. The summed E-state index contributed by atoms with van der Waals surface area (Å²) < 4.78 is 22.9. The van der Waals surface area contributed by atoms with E-state index >= 15 is 0 Å². The van der Waals surface area contributed by atoms with E-state index in [-0.39, 0.29) is 5.41 Å². The van der Waals surface area contributed by atoms with Crippen LogP contribution < -0.4 is 0 Å². The molecule has 0 unspecified atom stereocenters. The van der Waals surface area contributed by atoms with Crippen molar-refractivity contribution in [3.8, 4) is 0 Å². The monoisotopic (exact) mass is 315 g/mol. The second-order valence-corrected chi connectivity index (χ2v) is 6.24. The number of hydrogen-bond acceptors (Lipinski definition) is 6. The Morgan fingerprint density at radius 1 is 0.955 bits per heavy atom. The van der Waals surface area contributed by atoms with Gasteiger partial charge in [0.2, 0.25) is 0 Å². The minimum Gasteiger partial charge on any atom is -0.382 e. The van der Waals surface area contributed by atoms with Gasteiger partial charge in [0.15, 0.2) is 0 Å². The van der Waals surface area contributed by atoms with Gasteiger partial charge in [-0.15, -0.1) is 5.10 Å². The number of rotatable bonds is 12. The number of nitrogens with zero attached hydrogens (tertiary/aromatic N) is 3. The van der Waals surface area contributed by atoms with Crippen LogP contribution in [0, 0.1) is 5.41 Å². The Bertz CT molecular complexity index is 390. The summed E-state index contributed by atoms with van der Waals surface area (Å²) in [5.74, 6) is 0. The third-order valence-electron chi connectivity index (χ3n) is 2.65. The number of ether oxygens (including phenoxy) is 4. The molecule has 0 aliphatic heterocycles. The fraction of sp³-hybridized carbons (Fsp3) is 0.867. The van der Waals surface area contributed by atoms with Crippen molar-refractivity contribution in [3.05, 3.63) is 11.9 Å². The molecular weight excluding hydrogens is 286 g/mol. The molecule has 0 atom stereocenters. The molecule has 0 aromatic carbocycles. The molecule has 0 aliphatic rings. The largest absolute Gasteiger partial charge is 0.382 e. The summed E-state index contributed by atoms with van der Waals surface area (Å²) in [6, 6.07) is 0. The van der Waals surface area contributed by atoms with Crippen LogP contribution in [-0.4, -0.2) is 61.7 Å². The zero-order chi connectivity index (χ0) is 16.3. The molecular formula is C15H29N3O4. The minimum atomic E-state index is 0.186. The predicted octanol–water partition coefficient (Wildman–Crippen LogP) is 1.52. The highest BCUT2D eigenvalue weighted by molar-refractivity contribution is 4.90. The van der Waals surface area contributed by atoms with Gasteiger partial charge in [0.1, 0.15) is 5.69 Å². The second kappa shape index (κ2) is 10.7. The summed E-state index contributed by atoms with van der Waals surface area (Å²) in [6.07, 6.45) is 1.93. The lowest BCUT2D eigenvalue weighted by atomic mass is 9.97. The van der Waals surface area contributed by atoms with Crippen molar-refractivity contribution >= 4 is 0 Å². The van der Waals surface area contributed by atoms with Crippen molar-refractivity contribution in [2.45, 2.75) is 33.9 Å². The predicted molar refractivity (Wildman–Crippen MR) is 82.6 cm³/mol. The molecule has 0 radical (unpaired) electrons. The van der Waals surface area contributed by atoms with Crippen LogP contribution in [-0.2, 0) is 32.1 Å². The van der Waals surface area contributed by atoms with E-state index in [4.69, 9.17) is 18.9 Å². The van der Waals surface area contributed by atoms with E-state index in [9.17, 15) is 0 Å². The lowest BCUT2D eigenvalue weighted by molar-refractivity contribution is 0.000454. The number of aromatic nitrogens is 3. The summed E-state index contributed by atoms with van der Waals surface area (Å²) in [7, 11) is 1.65. The van der Waals surface area contributed by atoms with Gasteiger partial charge in [-0.05, 0) is 5.41 Å². The lowest BCUT2D eigenvalue weighted by Crippen LogP contribution is -2.15. The molecule has 22 heavy (non-hydrogen) atoms. The summed E-state index contributed by atoms with van der Waals surface area (Å²) >= 11 is 0. The van der Waals surface area contributed by atoms with Crippen molar-refractivity contribution in [3.63, 3.8) is 0 Å². The molecule has 128 valence electrons. The average molecular weight is 315 g/mol. The SMILES string of the molecule is COCCOCCOCCOCc1cn(CC(C)(C)C)nn1. The maximum absolute atomic E-state index is 5.51. The topological polar surface area (TPSA) is 67.6 Å². The molecule has 0 amide bonds. The van der Waals surface area contributed by atoms with Gasteiger partial charge in [-0.2, -0.15) is 0 Å². The van der Waals surface area contributed by atoms with Crippen molar-refractivity contribution in [1.82, 2.24) is 15.0 Å². The van der Waals surface area contributed by atoms with E-state index in [2.05, 4.69) is 31.1 Å². The summed E-state index contributed by atoms with van der Waals surface area (Å²) in [4.78, 5) is 0. The van der Waals surface area contributed by atoms with Crippen LogP contribution in [0.2, 0.25) is 0 Å². The maximum atomic E-state index is 5.51. The zero-order valence-corrected chi connectivity index (χ0v) is 14.2. The van der Waals surface area contributed by atoms with Crippen LogP contribution >= 0.6 is 0 Å². The van der Waals surface area contributed by atoms with Crippen LogP contribution in [0.1, 0.15) is 26.5 Å². The van der Waals surface area contributed by atoms with Crippen LogP contribution in [0.4, 0.5) is 0 Å². The zero-order valence-electron chi connectivity index (χ0n) is 14.2. The average Bonchev–Trinajstić information content (AvgIpc) is 2.86. The summed E-state index contributed by atoms with van der Waals surface area (Å²) in [5, 5.41) is 8.19. The van der Waals surface area contributed by atoms with E-state index in [1.165, 1.54) is 0 Å². The molecule has 1 aromatic heterocycles. The van der Waals surface area contributed by atoms with Crippen LogP contribution in [0.5, 0.6) is 0 Å². The summed E-state index contributed by atoms with van der Waals surface area (Å²) in [5.41, 5.74) is 1.03. The Morgan fingerprint density at radius 3 is 2.14 bits per heavy atom. The van der Waals surface area contributed by atoms with Gasteiger partial charge in [-0.1, -0.05) is 26.0 Å². The minimum absolute atomic E-state index is 0.186. The molecule has 1 aromatic rings. The second-order valence-electron chi connectivity index (χ2n) is 6.24. The van der Waals surface area contributed by atoms with E-state index in [0.717, 1.165) is 12.2 Å². The summed E-state index contributed by atoms with van der Waals surface area (Å²) in [6.45, 7) is 11.2. The Hall–Kier alpha value is -1.02. The molecule has 0 bridgehead atoms. The van der Waals surface area contributed by atoms with Gasteiger partial charge in [-0.3, -0.25) is 4.68 Å². The van der Waals surface area contributed by atoms with Crippen molar-refractivity contribution in [2.75, 3.05) is 46.8 Å². The van der Waals surface area contributed by atoms with Gasteiger partial charge in [0, 0.05) is 13.7 Å². The molecule has 0 saturated carbocycles. The van der Waals surface area contributed by atoms with E-state index in [1.54, 1.807) is 7.11 Å². The quantitative estimate of drug-likeness (QED) is 0.545. The van der Waals surface area contributed by atoms with Gasteiger partial charge in [-0.25, -0.2) is 0 Å². The van der Waals surface area contributed by atoms with Crippen molar-refractivity contribution in [1.29, 1.82) is 0 Å². The number of methoxy groups -OCH3 is 1. The molecule has 0 spiro atoms. The first-order chi connectivity index (χ1) is 10.5. The fourth-order valence-electron chi connectivity index (χ4n) is 1.73. The van der Waals surface area contributed by atoms with E-state index < -0.39 is 0 Å². The van der Waals surface area contributed by atoms with Crippen LogP contribution in [0.3, 0.4) is 0 Å². The van der Waals surface area contributed by atoms with E-state index in [1.807, 2.05) is 10.9 Å². The molecule has 7 heteroatoms. The molecule has 1 rings (SSSR count). The molecule has 0 fully saturated rings. The standard InChI is InChI=1S/C15H29N3O4/c1-15(2,3)13-18-11-14(16-17-18)12-22-10-9-21-8-7-20-6-5-19-4/h11H,5-10,12-13H2,1-4H3. The van der Waals surface area contributed by atoms with Gasteiger partial charge in [0.25, 0.3) is 0 Å². The highest BCUT2D eigenvalue weighted by atomic mass is 16.6. The Balaban J connectivity index is 1.99. The van der Waals surface area contributed by atoms with Gasteiger partial charge in [0.05, 0.1) is 52.4 Å². The lowest BCUT2D eigenvalue weighted by Gasteiger charge is -2.16. The maximum Gasteiger partial charge on any atom is 0.108 e. The Kier molecular flexibility index (Phi) is 9.22. The van der Waals surface area contributed by atoms with Crippen molar-refractivity contribution in [2.24, 2.45) is 5.41 Å². The normalized spacial score (nSPS) is 12.0. The smallest absolute Gasteiger partial charge is 0.108 e. The van der Waals surface area contributed by atoms with Crippen LogP contribution in [0.15, 0.2) is 6.20 Å². The van der Waals surface area contributed by atoms with E-state index in [0.29, 0.717) is 46.2 Å². The molecule has 0 saturated heterocycles. The first-order valence-corrected chi connectivity index (χ1v) is 7.62.